The van der Waals surface area contributed by atoms with Crippen molar-refractivity contribution in [2.75, 3.05) is 23.3 Å². The van der Waals surface area contributed by atoms with Crippen LogP contribution in [0.3, 0.4) is 0 Å². The molecule has 0 unspecified atom stereocenters. The number of halogens is 1. The first kappa shape index (κ1) is 16.0. The number of anilines is 2. The number of hydrogen-bond acceptors (Lipinski definition) is 3. The maximum Gasteiger partial charge on any atom is 0.274 e. The molecule has 4 nitrogen and oxygen atoms in total. The molecule has 0 aliphatic carbocycles. The minimum absolute atomic E-state index is 0.195. The zero-order valence-electron chi connectivity index (χ0n) is 13.0. The molecule has 0 spiro atoms. The summed E-state index contributed by atoms with van der Waals surface area (Å²) in [5.41, 5.74) is 2.28. The van der Waals surface area contributed by atoms with Gasteiger partial charge in [0.15, 0.2) is 0 Å². The molecule has 2 aromatic rings. The highest BCUT2D eigenvalue weighted by molar-refractivity contribution is 9.10. The van der Waals surface area contributed by atoms with Crippen molar-refractivity contribution in [1.29, 1.82) is 0 Å². The van der Waals surface area contributed by atoms with Gasteiger partial charge in [0.05, 0.1) is 17.6 Å². The Morgan fingerprint density at radius 2 is 1.78 bits per heavy atom. The van der Waals surface area contributed by atoms with Gasteiger partial charge in [-0.25, -0.2) is 4.98 Å². The predicted molar refractivity (Wildman–Crippen MR) is 97.0 cm³/mol. The van der Waals surface area contributed by atoms with Gasteiger partial charge >= 0.3 is 0 Å². The van der Waals surface area contributed by atoms with Crippen LogP contribution in [0.2, 0.25) is 0 Å². The summed E-state index contributed by atoms with van der Waals surface area (Å²) in [6.07, 6.45) is 6.86. The molecule has 1 aliphatic heterocycles. The Bertz CT molecular complexity index is 664. The summed E-state index contributed by atoms with van der Waals surface area (Å²) in [5, 5.41) is 2.87. The van der Waals surface area contributed by atoms with E-state index in [0.29, 0.717) is 5.69 Å². The van der Waals surface area contributed by atoms with Gasteiger partial charge in [-0.2, -0.15) is 0 Å². The highest BCUT2D eigenvalue weighted by Crippen LogP contribution is 2.22. The standard InChI is InChI=1S/C18H20BrN3O/c19-15-7-3-4-8-16(15)21-18(23)17-10-9-14(13-20-17)22-11-5-1-2-6-12-22/h3-4,7-10,13H,1-2,5-6,11-12H2,(H,21,23). The van der Waals surface area contributed by atoms with Crippen LogP contribution in [-0.4, -0.2) is 24.0 Å². The van der Waals surface area contributed by atoms with Crippen molar-refractivity contribution in [3.05, 3.63) is 52.8 Å². The van der Waals surface area contributed by atoms with E-state index in [-0.39, 0.29) is 5.91 Å². The van der Waals surface area contributed by atoms with Gasteiger partial charge in [0.1, 0.15) is 5.69 Å². The SMILES string of the molecule is O=C(Nc1ccccc1Br)c1ccc(N2CCCCCC2)cn1. The first-order valence-electron chi connectivity index (χ1n) is 8.01. The molecule has 0 saturated carbocycles. The fourth-order valence-electron chi connectivity index (χ4n) is 2.79. The maximum atomic E-state index is 12.3. The van der Waals surface area contributed by atoms with Gasteiger partial charge in [0.25, 0.3) is 5.91 Å². The van der Waals surface area contributed by atoms with Crippen LogP contribution in [0, 0.1) is 0 Å². The number of carbonyl (C=O) groups is 1. The van der Waals surface area contributed by atoms with Crippen molar-refractivity contribution < 1.29 is 4.79 Å². The van der Waals surface area contributed by atoms with Crippen LogP contribution in [0.4, 0.5) is 11.4 Å². The summed E-state index contributed by atoms with van der Waals surface area (Å²) in [7, 11) is 0. The summed E-state index contributed by atoms with van der Waals surface area (Å²) < 4.78 is 0.856. The molecule has 1 saturated heterocycles. The van der Waals surface area contributed by atoms with Gasteiger partial charge in [-0.15, -0.1) is 0 Å². The van der Waals surface area contributed by atoms with Gasteiger partial charge in [0, 0.05) is 17.6 Å². The quantitative estimate of drug-likeness (QED) is 0.862. The van der Waals surface area contributed by atoms with Crippen molar-refractivity contribution in [3.63, 3.8) is 0 Å². The molecule has 3 rings (SSSR count). The van der Waals surface area contributed by atoms with Crippen LogP contribution in [-0.2, 0) is 0 Å². The zero-order valence-corrected chi connectivity index (χ0v) is 14.6. The van der Waals surface area contributed by atoms with Crippen molar-refractivity contribution in [2.24, 2.45) is 0 Å². The van der Waals surface area contributed by atoms with E-state index in [1.165, 1.54) is 25.7 Å². The average Bonchev–Trinajstić information content (AvgIpc) is 2.86. The molecule has 1 fully saturated rings. The van der Waals surface area contributed by atoms with E-state index < -0.39 is 0 Å². The van der Waals surface area contributed by atoms with Crippen LogP contribution in [0.5, 0.6) is 0 Å². The zero-order chi connectivity index (χ0) is 16.1. The number of nitrogens with one attached hydrogen (secondary N) is 1. The van der Waals surface area contributed by atoms with Crippen LogP contribution < -0.4 is 10.2 Å². The van der Waals surface area contributed by atoms with E-state index >= 15 is 0 Å². The summed E-state index contributed by atoms with van der Waals surface area (Å²) in [6, 6.07) is 11.3. The first-order chi connectivity index (χ1) is 11.2. The van der Waals surface area contributed by atoms with Crippen LogP contribution >= 0.6 is 15.9 Å². The molecule has 1 aliphatic rings. The Labute approximate surface area is 145 Å². The Morgan fingerprint density at radius 3 is 2.43 bits per heavy atom. The minimum atomic E-state index is -0.195. The van der Waals surface area contributed by atoms with Crippen LogP contribution in [0.15, 0.2) is 47.1 Å². The maximum absolute atomic E-state index is 12.3. The molecule has 2 heterocycles. The Hall–Kier alpha value is -1.88. The smallest absolute Gasteiger partial charge is 0.274 e. The van der Waals surface area contributed by atoms with Gasteiger partial charge in [0.2, 0.25) is 0 Å². The highest BCUT2D eigenvalue weighted by atomic mass is 79.9. The highest BCUT2D eigenvalue weighted by Gasteiger charge is 2.13. The van der Waals surface area contributed by atoms with E-state index in [1.807, 2.05) is 30.3 Å². The van der Waals surface area contributed by atoms with Crippen molar-refractivity contribution >= 4 is 33.2 Å². The number of rotatable bonds is 3. The molecule has 0 radical (unpaired) electrons. The molecule has 1 aromatic heterocycles. The van der Waals surface area contributed by atoms with Crippen molar-refractivity contribution in [1.82, 2.24) is 4.98 Å². The van der Waals surface area contributed by atoms with E-state index in [9.17, 15) is 4.79 Å². The first-order valence-corrected chi connectivity index (χ1v) is 8.80. The van der Waals surface area contributed by atoms with Crippen LogP contribution in [0.1, 0.15) is 36.2 Å². The lowest BCUT2D eigenvalue weighted by Crippen LogP contribution is -2.24. The van der Waals surface area contributed by atoms with Gasteiger partial charge in [-0.3, -0.25) is 4.79 Å². The number of aromatic nitrogens is 1. The summed E-state index contributed by atoms with van der Waals surface area (Å²) in [4.78, 5) is 19.0. The molecule has 0 bridgehead atoms. The Morgan fingerprint density at radius 1 is 1.04 bits per heavy atom. The van der Waals surface area contributed by atoms with E-state index in [4.69, 9.17) is 0 Å². The minimum Gasteiger partial charge on any atom is -0.370 e. The lowest BCUT2D eigenvalue weighted by molar-refractivity contribution is 0.102. The molecule has 23 heavy (non-hydrogen) atoms. The molecule has 5 heteroatoms. The summed E-state index contributed by atoms with van der Waals surface area (Å²) >= 11 is 3.43. The van der Waals surface area contributed by atoms with Crippen molar-refractivity contribution in [2.45, 2.75) is 25.7 Å². The molecule has 120 valence electrons. The van der Waals surface area contributed by atoms with E-state index in [1.54, 1.807) is 12.3 Å². The third-order valence-electron chi connectivity index (χ3n) is 4.07. The second kappa shape index (κ2) is 7.59. The topological polar surface area (TPSA) is 45.2 Å². The van der Waals surface area contributed by atoms with Gasteiger partial charge in [-0.1, -0.05) is 25.0 Å². The second-order valence-electron chi connectivity index (χ2n) is 5.74. The van der Waals surface area contributed by atoms with E-state index in [2.05, 4.69) is 31.1 Å². The molecular weight excluding hydrogens is 354 g/mol. The number of pyridine rings is 1. The number of hydrogen-bond donors (Lipinski definition) is 1. The number of para-hydroxylation sites is 1. The average molecular weight is 374 g/mol. The number of carbonyl (C=O) groups excluding carboxylic acids is 1. The number of benzene rings is 1. The third-order valence-corrected chi connectivity index (χ3v) is 4.77. The lowest BCUT2D eigenvalue weighted by atomic mass is 10.2. The fraction of sp³-hybridized carbons (Fsp3) is 0.333. The summed E-state index contributed by atoms with van der Waals surface area (Å²) in [5.74, 6) is -0.195. The second-order valence-corrected chi connectivity index (χ2v) is 6.59. The Balaban J connectivity index is 1.69. The monoisotopic (exact) mass is 373 g/mol. The summed E-state index contributed by atoms with van der Waals surface area (Å²) in [6.45, 7) is 2.15. The largest absolute Gasteiger partial charge is 0.370 e. The van der Waals surface area contributed by atoms with Crippen molar-refractivity contribution in [3.8, 4) is 0 Å². The predicted octanol–water partition coefficient (Wildman–Crippen LogP) is 4.48. The Kier molecular flexibility index (Phi) is 5.28. The van der Waals surface area contributed by atoms with E-state index in [0.717, 1.165) is 28.9 Å². The fourth-order valence-corrected chi connectivity index (χ4v) is 3.17. The number of nitrogens with zero attached hydrogens (tertiary/aromatic N) is 2. The lowest BCUT2D eigenvalue weighted by Gasteiger charge is -2.22. The normalized spacial score (nSPS) is 15.1. The van der Waals surface area contributed by atoms with Gasteiger partial charge < -0.3 is 10.2 Å². The van der Waals surface area contributed by atoms with Gasteiger partial charge in [-0.05, 0) is 53.0 Å². The molecule has 1 N–H and O–H groups in total. The molecule has 1 amide bonds. The third kappa shape index (κ3) is 4.10. The van der Waals surface area contributed by atoms with Crippen LogP contribution in [0.25, 0.3) is 0 Å². The number of amides is 1. The molecule has 1 aromatic carbocycles. The molecular formula is C18H20BrN3O. The molecule has 0 atom stereocenters.